The fourth-order valence-corrected chi connectivity index (χ4v) is 1.56. The van der Waals surface area contributed by atoms with Crippen LogP contribution >= 0.6 is 22.9 Å². The zero-order valence-corrected chi connectivity index (χ0v) is 9.61. The minimum Gasteiger partial charge on any atom is -0.466 e. The van der Waals surface area contributed by atoms with E-state index >= 15 is 0 Å². The number of rotatable bonds is 7. The molecule has 0 aliphatic rings. The monoisotopic (exact) mass is 236 g/mol. The molecule has 1 rings (SSSR count). The quantitative estimate of drug-likeness (QED) is 0.537. The van der Waals surface area contributed by atoms with Crippen molar-refractivity contribution in [2.45, 2.75) is 19.2 Å². The van der Waals surface area contributed by atoms with Crippen LogP contribution in [0, 0.1) is 0 Å². The van der Waals surface area contributed by atoms with Gasteiger partial charge in [0.25, 0.3) is 5.19 Å². The average molecular weight is 237 g/mol. The lowest BCUT2D eigenvalue weighted by Gasteiger charge is -2.01. The van der Waals surface area contributed by atoms with Crippen molar-refractivity contribution >= 4 is 22.9 Å². The standard InChI is InChI=1S/C8H13ClN2O2S/c1-2-3-12-4-5-13-8-11-10-7(6-9)14-8/h2-6H2,1H3. The van der Waals surface area contributed by atoms with Crippen molar-refractivity contribution in [3.05, 3.63) is 5.01 Å². The summed E-state index contributed by atoms with van der Waals surface area (Å²) in [5.41, 5.74) is 0. The fraction of sp³-hybridized carbons (Fsp3) is 0.750. The van der Waals surface area contributed by atoms with Crippen LogP contribution in [-0.2, 0) is 10.6 Å². The molecule has 0 aliphatic carbocycles. The van der Waals surface area contributed by atoms with Crippen molar-refractivity contribution in [1.82, 2.24) is 10.2 Å². The van der Waals surface area contributed by atoms with E-state index in [0.717, 1.165) is 18.0 Å². The van der Waals surface area contributed by atoms with Gasteiger partial charge >= 0.3 is 0 Å². The first-order valence-electron chi connectivity index (χ1n) is 4.45. The van der Waals surface area contributed by atoms with Gasteiger partial charge in [0.05, 0.1) is 12.5 Å². The predicted octanol–water partition coefficient (Wildman–Crippen LogP) is 2.08. The van der Waals surface area contributed by atoms with Crippen molar-refractivity contribution in [1.29, 1.82) is 0 Å². The van der Waals surface area contributed by atoms with Crippen molar-refractivity contribution in [3.63, 3.8) is 0 Å². The van der Waals surface area contributed by atoms with Crippen LogP contribution in [0.4, 0.5) is 0 Å². The highest BCUT2D eigenvalue weighted by Crippen LogP contribution is 2.18. The average Bonchev–Trinajstić information content (AvgIpc) is 2.65. The molecule has 0 aliphatic heterocycles. The Hall–Kier alpha value is -0.390. The van der Waals surface area contributed by atoms with Crippen LogP contribution in [0.2, 0.25) is 0 Å². The van der Waals surface area contributed by atoms with E-state index in [9.17, 15) is 0 Å². The van der Waals surface area contributed by atoms with Gasteiger partial charge in [0, 0.05) is 6.61 Å². The number of hydrogen-bond acceptors (Lipinski definition) is 5. The molecule has 0 fully saturated rings. The van der Waals surface area contributed by atoms with Gasteiger partial charge in [0.2, 0.25) is 0 Å². The van der Waals surface area contributed by atoms with Crippen LogP contribution in [0.3, 0.4) is 0 Å². The number of ether oxygens (including phenoxy) is 2. The molecule has 6 heteroatoms. The Kier molecular flexibility index (Phi) is 5.82. The molecule has 0 amide bonds. The van der Waals surface area contributed by atoms with Crippen molar-refractivity contribution in [3.8, 4) is 5.19 Å². The summed E-state index contributed by atoms with van der Waals surface area (Å²) in [4.78, 5) is 0. The highest BCUT2D eigenvalue weighted by atomic mass is 35.5. The van der Waals surface area contributed by atoms with Crippen LogP contribution in [0.25, 0.3) is 0 Å². The van der Waals surface area contributed by atoms with Crippen LogP contribution in [0.5, 0.6) is 5.19 Å². The zero-order valence-electron chi connectivity index (χ0n) is 8.03. The third-order valence-corrected chi connectivity index (χ3v) is 2.61. The molecule has 80 valence electrons. The molecular formula is C8H13ClN2O2S. The summed E-state index contributed by atoms with van der Waals surface area (Å²) in [5, 5.41) is 8.96. The molecule has 1 aromatic heterocycles. The summed E-state index contributed by atoms with van der Waals surface area (Å²) >= 11 is 6.94. The largest absolute Gasteiger partial charge is 0.466 e. The van der Waals surface area contributed by atoms with Crippen molar-refractivity contribution in [2.75, 3.05) is 19.8 Å². The lowest BCUT2D eigenvalue weighted by Crippen LogP contribution is -2.06. The highest BCUT2D eigenvalue weighted by Gasteiger charge is 2.02. The Bertz CT molecular complexity index is 257. The molecule has 0 saturated heterocycles. The van der Waals surface area contributed by atoms with E-state index < -0.39 is 0 Å². The first-order chi connectivity index (χ1) is 6.86. The molecular weight excluding hydrogens is 224 g/mol. The van der Waals surface area contributed by atoms with Crippen LogP contribution in [0.15, 0.2) is 0 Å². The second kappa shape index (κ2) is 6.98. The summed E-state index contributed by atoms with van der Waals surface area (Å²) in [6.45, 7) is 3.94. The molecule has 0 aromatic carbocycles. The van der Waals surface area contributed by atoms with Gasteiger partial charge in [-0.2, -0.15) is 0 Å². The van der Waals surface area contributed by atoms with Crippen molar-refractivity contribution < 1.29 is 9.47 Å². The number of aromatic nitrogens is 2. The summed E-state index contributed by atoms with van der Waals surface area (Å²) in [6, 6.07) is 0. The Morgan fingerprint density at radius 2 is 2.14 bits per heavy atom. The predicted molar refractivity (Wildman–Crippen MR) is 56.1 cm³/mol. The van der Waals surface area contributed by atoms with Crippen LogP contribution in [0.1, 0.15) is 18.4 Å². The van der Waals surface area contributed by atoms with Gasteiger partial charge in [-0.3, -0.25) is 0 Å². The highest BCUT2D eigenvalue weighted by molar-refractivity contribution is 7.13. The summed E-state index contributed by atoms with van der Waals surface area (Å²) in [5.74, 6) is 0.382. The van der Waals surface area contributed by atoms with Gasteiger partial charge < -0.3 is 9.47 Å². The van der Waals surface area contributed by atoms with Gasteiger partial charge in [-0.15, -0.1) is 21.8 Å². The third-order valence-electron chi connectivity index (χ3n) is 1.36. The molecule has 0 radical (unpaired) electrons. The Labute approximate surface area is 92.2 Å². The van der Waals surface area contributed by atoms with E-state index in [0.29, 0.717) is 24.3 Å². The van der Waals surface area contributed by atoms with E-state index in [2.05, 4.69) is 17.1 Å². The van der Waals surface area contributed by atoms with Crippen LogP contribution in [-0.4, -0.2) is 30.0 Å². The van der Waals surface area contributed by atoms with E-state index in [4.69, 9.17) is 21.1 Å². The smallest absolute Gasteiger partial charge is 0.294 e. The molecule has 1 heterocycles. The molecule has 0 bridgehead atoms. The molecule has 1 aromatic rings. The van der Waals surface area contributed by atoms with E-state index in [-0.39, 0.29) is 0 Å². The lowest BCUT2D eigenvalue weighted by atomic mass is 10.5. The number of halogens is 1. The summed E-state index contributed by atoms with van der Waals surface area (Å²) in [7, 11) is 0. The summed E-state index contributed by atoms with van der Waals surface area (Å²) in [6.07, 6.45) is 1.02. The lowest BCUT2D eigenvalue weighted by molar-refractivity contribution is 0.100. The number of alkyl halides is 1. The van der Waals surface area contributed by atoms with E-state index in [1.807, 2.05) is 0 Å². The first kappa shape index (κ1) is 11.7. The zero-order chi connectivity index (χ0) is 10.2. The van der Waals surface area contributed by atoms with Crippen LogP contribution < -0.4 is 4.74 Å². The normalized spacial score (nSPS) is 10.4. The maximum Gasteiger partial charge on any atom is 0.294 e. The Morgan fingerprint density at radius 1 is 1.29 bits per heavy atom. The molecule has 0 saturated carbocycles. The minimum absolute atomic E-state index is 0.382. The van der Waals surface area contributed by atoms with E-state index in [1.165, 1.54) is 11.3 Å². The van der Waals surface area contributed by atoms with Gasteiger partial charge in [-0.05, 0) is 6.42 Å². The molecule has 0 unspecified atom stereocenters. The number of hydrogen-bond donors (Lipinski definition) is 0. The topological polar surface area (TPSA) is 44.2 Å². The first-order valence-corrected chi connectivity index (χ1v) is 5.80. The van der Waals surface area contributed by atoms with E-state index in [1.54, 1.807) is 0 Å². The molecule has 14 heavy (non-hydrogen) atoms. The second-order valence-corrected chi connectivity index (χ2v) is 3.85. The Morgan fingerprint density at radius 3 is 2.79 bits per heavy atom. The van der Waals surface area contributed by atoms with Gasteiger partial charge in [-0.1, -0.05) is 18.3 Å². The number of nitrogens with zero attached hydrogens (tertiary/aromatic N) is 2. The minimum atomic E-state index is 0.382. The SMILES string of the molecule is CCCOCCOc1nnc(CCl)s1. The van der Waals surface area contributed by atoms with Gasteiger partial charge in [0.1, 0.15) is 11.6 Å². The van der Waals surface area contributed by atoms with Gasteiger partial charge in [0.15, 0.2) is 0 Å². The maximum atomic E-state index is 5.57. The molecule has 0 N–H and O–H groups in total. The molecule has 0 spiro atoms. The second-order valence-electron chi connectivity index (χ2n) is 2.56. The molecule has 0 atom stereocenters. The fourth-order valence-electron chi connectivity index (χ4n) is 0.785. The summed E-state index contributed by atoms with van der Waals surface area (Å²) < 4.78 is 10.5. The molecule has 4 nitrogen and oxygen atoms in total. The van der Waals surface area contributed by atoms with Gasteiger partial charge in [-0.25, -0.2) is 0 Å². The third kappa shape index (κ3) is 4.21. The Balaban J connectivity index is 2.12. The van der Waals surface area contributed by atoms with Crippen molar-refractivity contribution in [2.24, 2.45) is 0 Å². The maximum absolute atomic E-state index is 5.57.